The fourth-order valence-electron chi connectivity index (χ4n) is 2.54. The van der Waals surface area contributed by atoms with Gasteiger partial charge in [-0.1, -0.05) is 13.8 Å². The first-order valence-electron chi connectivity index (χ1n) is 7.58. The Hall–Kier alpha value is -0.630. The van der Waals surface area contributed by atoms with E-state index in [1.807, 2.05) is 6.92 Å². The minimum atomic E-state index is -0.364. The van der Waals surface area contributed by atoms with Crippen LogP contribution >= 0.6 is 0 Å². The predicted molar refractivity (Wildman–Crippen MR) is 75.9 cm³/mol. The second-order valence-corrected chi connectivity index (χ2v) is 5.31. The van der Waals surface area contributed by atoms with Gasteiger partial charge in [-0.2, -0.15) is 5.26 Å². The lowest BCUT2D eigenvalue weighted by molar-refractivity contribution is 0.0191. The molecular formula is C15H28N2O2. The number of nitriles is 1. The molecule has 1 atom stereocenters. The van der Waals surface area contributed by atoms with Crippen molar-refractivity contribution >= 4 is 0 Å². The molecule has 1 saturated heterocycles. The molecule has 4 heteroatoms. The smallest absolute Gasteiger partial charge is 0.106 e. The fraction of sp³-hybridized carbons (Fsp3) is 0.933. The number of nitrogens with zero attached hydrogens (tertiary/aromatic N) is 1. The Morgan fingerprint density at radius 2 is 2.11 bits per heavy atom. The van der Waals surface area contributed by atoms with Gasteiger partial charge in [0.1, 0.15) is 5.54 Å². The zero-order chi connectivity index (χ0) is 14.0. The van der Waals surface area contributed by atoms with Crippen LogP contribution in [-0.2, 0) is 9.47 Å². The molecule has 110 valence electrons. The maximum Gasteiger partial charge on any atom is 0.106 e. The highest BCUT2D eigenvalue weighted by Crippen LogP contribution is 2.18. The molecule has 1 aliphatic heterocycles. The van der Waals surface area contributed by atoms with Gasteiger partial charge < -0.3 is 9.47 Å². The summed E-state index contributed by atoms with van der Waals surface area (Å²) in [6.07, 6.45) is 4.89. The molecule has 1 fully saturated rings. The molecule has 19 heavy (non-hydrogen) atoms. The van der Waals surface area contributed by atoms with Crippen LogP contribution in [0, 0.1) is 17.2 Å². The third-order valence-electron chi connectivity index (χ3n) is 3.92. The molecule has 1 N–H and O–H groups in total. The van der Waals surface area contributed by atoms with Crippen LogP contribution in [0.1, 0.15) is 46.0 Å². The van der Waals surface area contributed by atoms with Gasteiger partial charge in [-0.15, -0.1) is 0 Å². The van der Waals surface area contributed by atoms with Crippen molar-refractivity contribution in [2.24, 2.45) is 5.92 Å². The van der Waals surface area contributed by atoms with Crippen LogP contribution in [0.2, 0.25) is 0 Å². The second-order valence-electron chi connectivity index (χ2n) is 5.31. The van der Waals surface area contributed by atoms with E-state index in [1.54, 1.807) is 0 Å². The largest absolute Gasteiger partial charge is 0.381 e. The van der Waals surface area contributed by atoms with E-state index in [-0.39, 0.29) is 5.54 Å². The van der Waals surface area contributed by atoms with Crippen molar-refractivity contribution in [1.82, 2.24) is 5.32 Å². The third kappa shape index (κ3) is 5.90. The minimum Gasteiger partial charge on any atom is -0.381 e. The molecule has 0 aromatic rings. The summed E-state index contributed by atoms with van der Waals surface area (Å²) in [7, 11) is 0. The van der Waals surface area contributed by atoms with Crippen molar-refractivity contribution in [3.8, 4) is 6.07 Å². The number of ether oxygens (including phenoxy) is 2. The Morgan fingerprint density at radius 3 is 2.68 bits per heavy atom. The molecule has 0 saturated carbocycles. The summed E-state index contributed by atoms with van der Waals surface area (Å²) in [6.45, 7) is 8.30. The van der Waals surface area contributed by atoms with E-state index in [0.29, 0.717) is 5.92 Å². The lowest BCUT2D eigenvalue weighted by atomic mass is 9.92. The van der Waals surface area contributed by atoms with E-state index < -0.39 is 0 Å². The SMILES string of the molecule is CCNC(C#N)(CC)CCCOCC1CCOCC1. The topological polar surface area (TPSA) is 54.3 Å². The molecule has 1 rings (SSSR count). The summed E-state index contributed by atoms with van der Waals surface area (Å²) in [5, 5.41) is 12.6. The summed E-state index contributed by atoms with van der Waals surface area (Å²) in [5.74, 6) is 0.661. The van der Waals surface area contributed by atoms with E-state index in [1.165, 1.54) is 0 Å². The average molecular weight is 268 g/mol. The summed E-state index contributed by atoms with van der Waals surface area (Å²) >= 11 is 0. The quantitative estimate of drug-likeness (QED) is 0.653. The zero-order valence-corrected chi connectivity index (χ0v) is 12.4. The van der Waals surface area contributed by atoms with Gasteiger partial charge in [0.05, 0.1) is 6.07 Å². The second kappa shape index (κ2) is 9.30. The highest BCUT2D eigenvalue weighted by atomic mass is 16.5. The van der Waals surface area contributed by atoms with E-state index in [2.05, 4.69) is 18.3 Å². The van der Waals surface area contributed by atoms with E-state index in [0.717, 1.165) is 65.1 Å². The van der Waals surface area contributed by atoms with Crippen molar-refractivity contribution in [3.63, 3.8) is 0 Å². The molecule has 1 heterocycles. The van der Waals surface area contributed by atoms with Gasteiger partial charge in [0.2, 0.25) is 0 Å². The summed E-state index contributed by atoms with van der Waals surface area (Å²) < 4.78 is 11.1. The van der Waals surface area contributed by atoms with Gasteiger partial charge in [0, 0.05) is 26.4 Å². The number of hydrogen-bond donors (Lipinski definition) is 1. The van der Waals surface area contributed by atoms with E-state index in [4.69, 9.17) is 9.47 Å². The summed E-state index contributed by atoms with van der Waals surface area (Å²) in [4.78, 5) is 0. The van der Waals surface area contributed by atoms with Crippen LogP contribution in [0.25, 0.3) is 0 Å². The normalized spacial score (nSPS) is 19.8. The maximum absolute atomic E-state index is 9.30. The van der Waals surface area contributed by atoms with Crippen molar-refractivity contribution in [2.45, 2.75) is 51.5 Å². The van der Waals surface area contributed by atoms with Gasteiger partial charge in [-0.3, -0.25) is 5.32 Å². The number of rotatable bonds is 9. The van der Waals surface area contributed by atoms with Crippen LogP contribution in [-0.4, -0.2) is 38.5 Å². The van der Waals surface area contributed by atoms with Crippen LogP contribution in [0.15, 0.2) is 0 Å². The maximum atomic E-state index is 9.30. The first-order valence-corrected chi connectivity index (χ1v) is 7.58. The highest BCUT2D eigenvalue weighted by molar-refractivity contribution is 5.05. The molecule has 4 nitrogen and oxygen atoms in total. The van der Waals surface area contributed by atoms with E-state index in [9.17, 15) is 5.26 Å². The Balaban J connectivity index is 2.13. The van der Waals surface area contributed by atoms with Crippen molar-refractivity contribution in [2.75, 3.05) is 33.0 Å². The standard InChI is InChI=1S/C15H28N2O2/c1-3-15(13-16,17-4-2)8-5-9-19-12-14-6-10-18-11-7-14/h14,17H,3-12H2,1-2H3. The third-order valence-corrected chi connectivity index (χ3v) is 3.92. The van der Waals surface area contributed by atoms with Gasteiger partial charge >= 0.3 is 0 Å². The molecule has 0 aromatic heterocycles. The molecule has 1 unspecified atom stereocenters. The number of hydrogen-bond acceptors (Lipinski definition) is 4. The Labute approximate surface area is 117 Å². The Kier molecular flexibility index (Phi) is 8.04. The van der Waals surface area contributed by atoms with Gasteiger partial charge in [0.15, 0.2) is 0 Å². The van der Waals surface area contributed by atoms with Gasteiger partial charge in [-0.25, -0.2) is 0 Å². The predicted octanol–water partition coefficient (Wildman–Crippen LogP) is 2.49. The van der Waals surface area contributed by atoms with E-state index >= 15 is 0 Å². The zero-order valence-electron chi connectivity index (χ0n) is 12.4. The Bertz CT molecular complexity index is 272. The summed E-state index contributed by atoms with van der Waals surface area (Å²) in [6, 6.07) is 2.42. The highest BCUT2D eigenvalue weighted by Gasteiger charge is 2.25. The first-order chi connectivity index (χ1) is 9.26. The molecule has 0 radical (unpaired) electrons. The molecule has 0 aliphatic carbocycles. The van der Waals surface area contributed by atoms with Crippen molar-refractivity contribution < 1.29 is 9.47 Å². The van der Waals surface area contributed by atoms with Crippen LogP contribution in [0.4, 0.5) is 0 Å². The van der Waals surface area contributed by atoms with Crippen molar-refractivity contribution in [3.05, 3.63) is 0 Å². The first kappa shape index (κ1) is 16.4. The lowest BCUT2D eigenvalue weighted by Gasteiger charge is -2.26. The van der Waals surface area contributed by atoms with Crippen LogP contribution < -0.4 is 5.32 Å². The average Bonchev–Trinajstić information content (AvgIpc) is 2.47. The van der Waals surface area contributed by atoms with Crippen LogP contribution in [0.3, 0.4) is 0 Å². The summed E-state index contributed by atoms with van der Waals surface area (Å²) in [5.41, 5.74) is -0.364. The van der Waals surface area contributed by atoms with Gasteiger partial charge in [-0.05, 0) is 44.6 Å². The molecule has 0 spiro atoms. The monoisotopic (exact) mass is 268 g/mol. The minimum absolute atomic E-state index is 0.364. The van der Waals surface area contributed by atoms with Gasteiger partial charge in [0.25, 0.3) is 0 Å². The molecular weight excluding hydrogens is 240 g/mol. The fourth-order valence-corrected chi connectivity index (χ4v) is 2.54. The molecule has 0 aromatic carbocycles. The lowest BCUT2D eigenvalue weighted by Crippen LogP contribution is -2.43. The van der Waals surface area contributed by atoms with Crippen molar-refractivity contribution in [1.29, 1.82) is 5.26 Å². The molecule has 0 bridgehead atoms. The molecule has 1 aliphatic rings. The Morgan fingerprint density at radius 1 is 1.37 bits per heavy atom. The number of nitrogens with one attached hydrogen (secondary N) is 1. The molecule has 0 amide bonds. The van der Waals surface area contributed by atoms with Crippen LogP contribution in [0.5, 0.6) is 0 Å².